The zero-order valence-electron chi connectivity index (χ0n) is 16.4. The standard InChI is InChI=1S/C22H27NO4S2/c23-21(24)22(11-14-26-15-12-22)29(25)20-9-7-19(8-10-20)27-13-4-16-28-17-18-5-2-1-3-6-18/h1-3,5-10H,4,11-17H2,(H2,23,24). The molecule has 0 spiro atoms. The summed E-state index contributed by atoms with van der Waals surface area (Å²) in [4.78, 5) is 12.6. The summed E-state index contributed by atoms with van der Waals surface area (Å²) >= 11 is 1.89. The van der Waals surface area contributed by atoms with Crippen molar-refractivity contribution in [2.24, 2.45) is 5.73 Å². The Morgan fingerprint density at radius 1 is 1.10 bits per heavy atom. The summed E-state index contributed by atoms with van der Waals surface area (Å²) in [5.74, 6) is 2.25. The Bertz CT molecular complexity index is 805. The molecule has 3 rings (SSSR count). The molecule has 1 fully saturated rings. The number of rotatable bonds is 10. The van der Waals surface area contributed by atoms with Crippen LogP contribution in [0.4, 0.5) is 0 Å². The van der Waals surface area contributed by atoms with Crippen molar-refractivity contribution in [1.82, 2.24) is 0 Å². The van der Waals surface area contributed by atoms with E-state index in [1.54, 1.807) is 24.3 Å². The minimum Gasteiger partial charge on any atom is -0.494 e. The average molecular weight is 434 g/mol. The largest absolute Gasteiger partial charge is 0.494 e. The molecule has 156 valence electrons. The molecule has 0 aliphatic carbocycles. The first kappa shape index (κ1) is 21.9. The summed E-state index contributed by atoms with van der Waals surface area (Å²) in [7, 11) is -1.51. The first-order chi connectivity index (χ1) is 14.1. The van der Waals surface area contributed by atoms with Crippen molar-refractivity contribution in [1.29, 1.82) is 0 Å². The lowest BCUT2D eigenvalue weighted by molar-refractivity contribution is -0.122. The predicted molar refractivity (Wildman–Crippen MR) is 118 cm³/mol. The first-order valence-corrected chi connectivity index (χ1v) is 12.1. The Balaban J connectivity index is 1.45. The lowest BCUT2D eigenvalue weighted by Crippen LogP contribution is -2.51. The monoisotopic (exact) mass is 433 g/mol. The topological polar surface area (TPSA) is 78.6 Å². The van der Waals surface area contributed by atoms with Gasteiger partial charge in [-0.25, -0.2) is 0 Å². The van der Waals surface area contributed by atoms with Crippen molar-refractivity contribution in [3.8, 4) is 5.75 Å². The van der Waals surface area contributed by atoms with Crippen LogP contribution in [0.2, 0.25) is 0 Å². The Hall–Kier alpha value is -1.83. The SMILES string of the molecule is NC(=O)C1(S(=O)c2ccc(OCCCSCc3ccccc3)cc2)CCOCC1. The third-order valence-corrected chi connectivity index (χ3v) is 8.09. The number of ether oxygens (including phenoxy) is 2. The van der Waals surface area contributed by atoms with Crippen molar-refractivity contribution >= 4 is 28.5 Å². The number of thioether (sulfide) groups is 1. The van der Waals surface area contributed by atoms with Crippen LogP contribution in [0.5, 0.6) is 5.75 Å². The molecule has 7 heteroatoms. The minimum atomic E-state index is -1.51. The fourth-order valence-electron chi connectivity index (χ4n) is 3.22. The highest BCUT2D eigenvalue weighted by molar-refractivity contribution is 7.98. The van der Waals surface area contributed by atoms with Crippen LogP contribution in [0, 0.1) is 0 Å². The van der Waals surface area contributed by atoms with E-state index < -0.39 is 21.5 Å². The third kappa shape index (κ3) is 5.84. The van der Waals surface area contributed by atoms with Crippen LogP contribution in [0.1, 0.15) is 24.8 Å². The quantitative estimate of drug-likeness (QED) is 0.580. The summed E-state index contributed by atoms with van der Waals surface area (Å²) < 4.78 is 23.1. The van der Waals surface area contributed by atoms with Crippen LogP contribution >= 0.6 is 11.8 Å². The molecular weight excluding hydrogens is 406 g/mol. The molecule has 0 bridgehead atoms. The van der Waals surface area contributed by atoms with Gasteiger partial charge in [0.2, 0.25) is 5.91 Å². The van der Waals surface area contributed by atoms with E-state index in [-0.39, 0.29) is 0 Å². The van der Waals surface area contributed by atoms with Gasteiger partial charge in [-0.1, -0.05) is 30.3 Å². The number of nitrogens with two attached hydrogens (primary N) is 1. The highest BCUT2D eigenvalue weighted by Gasteiger charge is 2.45. The first-order valence-electron chi connectivity index (χ1n) is 9.76. The second kappa shape index (κ2) is 10.8. The number of carbonyl (C=O) groups is 1. The highest BCUT2D eigenvalue weighted by Crippen LogP contribution is 2.32. The summed E-state index contributed by atoms with van der Waals surface area (Å²) in [5, 5.41) is 0. The third-order valence-electron chi connectivity index (χ3n) is 4.96. The van der Waals surface area contributed by atoms with Crippen LogP contribution in [-0.2, 0) is 26.1 Å². The van der Waals surface area contributed by atoms with Crippen LogP contribution in [0.3, 0.4) is 0 Å². The Morgan fingerprint density at radius 2 is 1.79 bits per heavy atom. The van der Waals surface area contributed by atoms with E-state index in [2.05, 4.69) is 24.3 Å². The Kier molecular flexibility index (Phi) is 8.15. The molecule has 1 saturated heterocycles. The van der Waals surface area contributed by atoms with Crippen LogP contribution in [0.15, 0.2) is 59.5 Å². The summed E-state index contributed by atoms with van der Waals surface area (Å²) in [6.07, 6.45) is 1.72. The van der Waals surface area contributed by atoms with Crippen molar-refractivity contribution in [3.63, 3.8) is 0 Å². The average Bonchev–Trinajstić information content (AvgIpc) is 2.77. The van der Waals surface area contributed by atoms with E-state index in [4.69, 9.17) is 15.2 Å². The van der Waals surface area contributed by atoms with Gasteiger partial charge in [-0.2, -0.15) is 11.8 Å². The van der Waals surface area contributed by atoms with Crippen LogP contribution < -0.4 is 10.5 Å². The van der Waals surface area contributed by atoms with Gasteiger partial charge in [0.05, 0.1) is 17.4 Å². The van der Waals surface area contributed by atoms with Crippen molar-refractivity contribution in [2.75, 3.05) is 25.6 Å². The van der Waals surface area contributed by atoms with E-state index in [0.717, 1.165) is 23.7 Å². The molecule has 0 radical (unpaired) electrons. The summed E-state index contributed by atoms with van der Waals surface area (Å²) in [6.45, 7) is 1.43. The van der Waals surface area contributed by atoms with Gasteiger partial charge in [-0.3, -0.25) is 9.00 Å². The van der Waals surface area contributed by atoms with Gasteiger partial charge >= 0.3 is 0 Å². The number of hydrogen-bond acceptors (Lipinski definition) is 5. The van der Waals surface area contributed by atoms with Crippen molar-refractivity contribution in [3.05, 3.63) is 60.2 Å². The van der Waals surface area contributed by atoms with Crippen molar-refractivity contribution in [2.45, 2.75) is 34.7 Å². The van der Waals surface area contributed by atoms with E-state index in [1.807, 2.05) is 17.8 Å². The summed E-state index contributed by atoms with van der Waals surface area (Å²) in [5.41, 5.74) is 6.93. The smallest absolute Gasteiger partial charge is 0.236 e. The molecule has 5 nitrogen and oxygen atoms in total. The fourth-order valence-corrected chi connectivity index (χ4v) is 5.67. The molecule has 2 N–H and O–H groups in total. The minimum absolute atomic E-state index is 0.383. The van der Waals surface area contributed by atoms with E-state index >= 15 is 0 Å². The summed E-state index contributed by atoms with van der Waals surface area (Å²) in [6, 6.07) is 17.5. The van der Waals surface area contributed by atoms with Gasteiger partial charge in [0.15, 0.2) is 0 Å². The molecular formula is C22H27NO4S2. The highest BCUT2D eigenvalue weighted by atomic mass is 32.2. The second-order valence-corrected chi connectivity index (χ2v) is 9.85. The molecule has 1 aliphatic heterocycles. The molecule has 1 amide bonds. The predicted octanol–water partition coefficient (Wildman–Crippen LogP) is 3.53. The molecule has 1 aliphatic rings. The maximum absolute atomic E-state index is 13.0. The normalized spacial score (nSPS) is 16.8. The van der Waals surface area contributed by atoms with Gasteiger partial charge in [-0.15, -0.1) is 0 Å². The molecule has 1 unspecified atom stereocenters. The number of benzene rings is 2. The Morgan fingerprint density at radius 3 is 2.45 bits per heavy atom. The van der Waals surface area contributed by atoms with Crippen LogP contribution in [0.25, 0.3) is 0 Å². The number of carbonyl (C=O) groups excluding carboxylic acids is 1. The number of hydrogen-bond donors (Lipinski definition) is 1. The Labute approximate surface area is 178 Å². The maximum atomic E-state index is 13.0. The van der Waals surface area contributed by atoms with Crippen LogP contribution in [-0.4, -0.2) is 40.4 Å². The number of amides is 1. The van der Waals surface area contributed by atoms with Crippen molar-refractivity contribution < 1.29 is 18.5 Å². The van der Waals surface area contributed by atoms with Gasteiger partial charge in [-0.05, 0) is 54.8 Å². The lowest BCUT2D eigenvalue weighted by Gasteiger charge is -2.33. The van der Waals surface area contributed by atoms with E-state index in [9.17, 15) is 9.00 Å². The van der Waals surface area contributed by atoms with Gasteiger partial charge in [0.25, 0.3) is 0 Å². The van der Waals surface area contributed by atoms with Gasteiger partial charge in [0, 0.05) is 23.9 Å². The van der Waals surface area contributed by atoms with Gasteiger partial charge in [0.1, 0.15) is 10.5 Å². The fraction of sp³-hybridized carbons (Fsp3) is 0.409. The molecule has 0 aromatic heterocycles. The molecule has 1 heterocycles. The van der Waals surface area contributed by atoms with E-state index in [1.165, 1.54) is 5.56 Å². The lowest BCUT2D eigenvalue weighted by atomic mass is 9.98. The molecule has 29 heavy (non-hydrogen) atoms. The molecule has 2 aromatic rings. The number of primary amides is 1. The molecule has 1 atom stereocenters. The van der Waals surface area contributed by atoms with E-state index in [0.29, 0.717) is 37.6 Å². The van der Waals surface area contributed by atoms with Gasteiger partial charge < -0.3 is 15.2 Å². The molecule has 2 aromatic carbocycles. The zero-order valence-corrected chi connectivity index (χ0v) is 18.0. The second-order valence-electron chi connectivity index (χ2n) is 6.95. The zero-order chi connectivity index (χ0) is 20.5. The maximum Gasteiger partial charge on any atom is 0.236 e. The molecule has 0 saturated carbocycles.